The number of rotatable bonds is 0. The van der Waals surface area contributed by atoms with E-state index in [0.717, 1.165) is 0 Å². The number of ketones is 1. The van der Waals surface area contributed by atoms with Gasteiger partial charge in [-0.25, -0.2) is 0 Å². The fourth-order valence-corrected chi connectivity index (χ4v) is 11.9. The van der Waals surface area contributed by atoms with Crippen LogP contribution < -0.4 is 0 Å². The Bertz CT molecular complexity index is 587. The van der Waals surface area contributed by atoms with Crippen molar-refractivity contribution in [2.24, 2.45) is 11.8 Å². The molecule has 6 fully saturated rings. The van der Waals surface area contributed by atoms with Crippen LogP contribution in [-0.2, 0) is 4.79 Å². The average Bonchev–Trinajstić information content (AvgIpc) is 2.58. The lowest BCUT2D eigenvalue weighted by Gasteiger charge is -2.74. The molecule has 6 aliphatic carbocycles. The molecule has 8 unspecified atom stereocenters. The van der Waals surface area contributed by atoms with Crippen molar-refractivity contribution in [2.75, 3.05) is 0 Å². The summed E-state index contributed by atoms with van der Waals surface area (Å²) < 4.78 is -1.60. The first-order chi connectivity index (χ1) is 8.39. The van der Waals surface area contributed by atoms with Gasteiger partial charge in [-0.05, 0) is 0 Å². The molecule has 9 heteroatoms. The molecule has 0 heterocycles. The molecule has 0 amide bonds. The maximum absolute atomic E-state index is 12.5. The Balaban J connectivity index is 1.99. The van der Waals surface area contributed by atoms with Crippen molar-refractivity contribution in [3.63, 3.8) is 0 Å². The zero-order valence-corrected chi connectivity index (χ0v) is 14.6. The lowest BCUT2D eigenvalue weighted by atomic mass is 9.42. The highest BCUT2D eigenvalue weighted by Gasteiger charge is 3.21. The summed E-state index contributed by atoms with van der Waals surface area (Å²) in [6.45, 7) is 0. The Morgan fingerprint density at radius 3 is 1.26 bits per heavy atom. The van der Waals surface area contributed by atoms with E-state index in [9.17, 15) is 4.79 Å². The molecule has 6 aliphatic rings. The van der Waals surface area contributed by atoms with Crippen LogP contribution in [0.15, 0.2) is 0 Å². The van der Waals surface area contributed by atoms with E-state index in [1.807, 2.05) is 0 Å². The minimum atomic E-state index is -1.60. The first-order valence-electron chi connectivity index (χ1n) is 5.45. The van der Waals surface area contributed by atoms with Crippen molar-refractivity contribution in [1.29, 1.82) is 0 Å². The molecule has 6 rings (SSSR count). The Hall–Kier alpha value is 1.99. The first kappa shape index (κ1) is 13.4. The predicted molar refractivity (Wildman–Crippen MR) is 77.9 cm³/mol. The van der Waals surface area contributed by atoms with E-state index >= 15 is 0 Å². The van der Waals surface area contributed by atoms with Gasteiger partial charge in [-0.2, -0.15) is 0 Å². The smallest absolute Gasteiger partial charge is 0.179 e. The van der Waals surface area contributed by atoms with Crippen molar-refractivity contribution in [3.05, 3.63) is 0 Å². The number of halogens is 8. The van der Waals surface area contributed by atoms with Crippen LogP contribution in [0.1, 0.15) is 0 Å². The Kier molecular flexibility index (Phi) is 1.81. The molecule has 0 aromatic heterocycles. The van der Waals surface area contributed by atoms with Crippen molar-refractivity contribution < 1.29 is 4.79 Å². The average molecular weight is 422 g/mol. The molecule has 0 spiro atoms. The number of carbonyl (C=O) groups is 1. The molecule has 0 N–H and O–H groups in total. The lowest BCUT2D eigenvalue weighted by molar-refractivity contribution is -0.122. The van der Waals surface area contributed by atoms with Gasteiger partial charge in [-0.3, -0.25) is 4.79 Å². The first-order valence-corrected chi connectivity index (χ1v) is 8.47. The summed E-state index contributed by atoms with van der Waals surface area (Å²) in [5, 5.41) is 0. The Morgan fingerprint density at radius 2 is 0.947 bits per heavy atom. The highest BCUT2D eigenvalue weighted by atomic mass is 35.5. The van der Waals surface area contributed by atoms with Crippen LogP contribution in [-0.4, -0.2) is 39.4 Å². The quantitative estimate of drug-likeness (QED) is 0.542. The second-order valence-electron chi connectivity index (χ2n) is 6.04. The Labute approximate surface area is 148 Å². The fourth-order valence-electron chi connectivity index (χ4n) is 5.64. The zero-order valence-electron chi connectivity index (χ0n) is 8.59. The summed E-state index contributed by atoms with van der Waals surface area (Å²) >= 11 is 52.3. The SMILES string of the molecule is O=C1C2(Cl)C3C4(Cl)C1(Cl)C1C2(Cl)C3(Cl)C(Cl)(Cl)C14Cl. The third-order valence-electron chi connectivity index (χ3n) is 6.08. The topological polar surface area (TPSA) is 17.1 Å². The van der Waals surface area contributed by atoms with Crippen molar-refractivity contribution in [2.45, 2.75) is 33.6 Å². The summed E-state index contributed by atoms with van der Waals surface area (Å²) in [6.07, 6.45) is 0. The molecule has 0 radical (unpaired) electrons. The highest BCUT2D eigenvalue weighted by molar-refractivity contribution is 6.74. The van der Waals surface area contributed by atoms with Gasteiger partial charge in [0.25, 0.3) is 0 Å². The van der Waals surface area contributed by atoms with Gasteiger partial charge in [0.15, 0.2) is 10.1 Å². The lowest BCUT2D eigenvalue weighted by Crippen LogP contribution is -2.91. The number of hydrogen-bond acceptors (Lipinski definition) is 1. The molecule has 19 heavy (non-hydrogen) atoms. The standard InChI is InChI=1S/C10H2Cl8O/c11-4-1-6(13)5(12,3(4)19)2-7(4,14)8(1,15)10(17,18)9(2,6)16/h1-2H. The Morgan fingerprint density at radius 1 is 0.632 bits per heavy atom. The van der Waals surface area contributed by atoms with Gasteiger partial charge in [0.2, 0.25) is 0 Å². The monoisotopic (exact) mass is 418 g/mol. The van der Waals surface area contributed by atoms with E-state index in [4.69, 9.17) is 92.8 Å². The van der Waals surface area contributed by atoms with Gasteiger partial charge in [-0.15, -0.1) is 69.6 Å². The van der Waals surface area contributed by atoms with Gasteiger partial charge in [0.1, 0.15) is 29.2 Å². The van der Waals surface area contributed by atoms with E-state index in [0.29, 0.717) is 0 Å². The third-order valence-corrected chi connectivity index (χ3v) is 12.6. The molecule has 6 saturated carbocycles. The molecule has 4 bridgehead atoms. The van der Waals surface area contributed by atoms with Crippen LogP contribution in [0.3, 0.4) is 0 Å². The molecule has 0 aliphatic heterocycles. The third kappa shape index (κ3) is 0.598. The van der Waals surface area contributed by atoms with Crippen LogP contribution in [0.5, 0.6) is 0 Å². The fraction of sp³-hybridized carbons (Fsp3) is 0.900. The van der Waals surface area contributed by atoms with Gasteiger partial charge >= 0.3 is 0 Å². The van der Waals surface area contributed by atoms with Crippen molar-refractivity contribution in [3.8, 4) is 0 Å². The van der Waals surface area contributed by atoms with Gasteiger partial charge < -0.3 is 0 Å². The molecule has 1 nitrogen and oxygen atoms in total. The normalized spacial score (nSPS) is 80.3. The molecule has 104 valence electrons. The maximum atomic E-state index is 12.5. The minimum absolute atomic E-state index is 0.403. The number of Topliss-reactive ketones (excluding diaryl/α,β-unsaturated/α-hetero) is 1. The molecule has 0 aromatic rings. The van der Waals surface area contributed by atoms with Gasteiger partial charge in [0.05, 0.1) is 0 Å². The van der Waals surface area contributed by atoms with Crippen LogP contribution in [0.2, 0.25) is 0 Å². The second-order valence-corrected chi connectivity index (χ2v) is 10.9. The van der Waals surface area contributed by atoms with E-state index in [1.165, 1.54) is 0 Å². The largest absolute Gasteiger partial charge is 0.296 e. The summed E-state index contributed by atoms with van der Waals surface area (Å²) in [5.74, 6) is -1.91. The molecular formula is C10H2Cl8O. The van der Waals surface area contributed by atoms with E-state index < -0.39 is 51.2 Å². The zero-order chi connectivity index (χ0) is 14.2. The van der Waals surface area contributed by atoms with Crippen molar-refractivity contribution in [1.82, 2.24) is 0 Å². The van der Waals surface area contributed by atoms with Crippen molar-refractivity contribution >= 4 is 98.6 Å². The summed E-state index contributed by atoms with van der Waals surface area (Å²) in [7, 11) is 0. The van der Waals surface area contributed by atoms with Crippen LogP contribution in [0, 0.1) is 11.8 Å². The van der Waals surface area contributed by atoms with E-state index in [1.54, 1.807) is 0 Å². The van der Waals surface area contributed by atoms with E-state index in [-0.39, 0.29) is 0 Å². The van der Waals surface area contributed by atoms with Crippen LogP contribution in [0.25, 0.3) is 0 Å². The number of alkyl halides is 8. The molecule has 0 saturated heterocycles. The summed E-state index contributed by atoms with van der Waals surface area (Å²) in [5.41, 5.74) is 0. The molecule has 8 atom stereocenters. The minimum Gasteiger partial charge on any atom is -0.296 e. The maximum Gasteiger partial charge on any atom is 0.179 e. The van der Waals surface area contributed by atoms with Crippen LogP contribution >= 0.6 is 92.8 Å². The molecular weight excluding hydrogens is 420 g/mol. The van der Waals surface area contributed by atoms with Crippen LogP contribution in [0.4, 0.5) is 0 Å². The predicted octanol–water partition coefficient (Wildman–Crippen LogP) is 3.90. The molecule has 0 aromatic carbocycles. The number of hydrogen-bond donors (Lipinski definition) is 0. The second kappa shape index (κ2) is 2.57. The number of carbonyl (C=O) groups excluding carboxylic acids is 1. The highest BCUT2D eigenvalue weighted by Crippen LogP contribution is 3.05. The van der Waals surface area contributed by atoms with Gasteiger partial charge in [0, 0.05) is 11.8 Å². The van der Waals surface area contributed by atoms with E-state index in [2.05, 4.69) is 0 Å². The summed E-state index contributed by atoms with van der Waals surface area (Å²) in [6, 6.07) is 0. The summed E-state index contributed by atoms with van der Waals surface area (Å²) in [4.78, 5) is 4.21. The van der Waals surface area contributed by atoms with Gasteiger partial charge in [-0.1, -0.05) is 23.2 Å².